The molecule has 1 heterocycles. The summed E-state index contributed by atoms with van der Waals surface area (Å²) >= 11 is 5.87. The molecule has 4 amide bonds. The normalized spacial score (nSPS) is 20.7. The lowest BCUT2D eigenvalue weighted by atomic mass is 10.0. The summed E-state index contributed by atoms with van der Waals surface area (Å²) in [5, 5.41) is 9.20. The molecule has 0 aromatic heterocycles. The van der Waals surface area contributed by atoms with Crippen LogP contribution in [0.1, 0.15) is 19.3 Å². The Morgan fingerprint density at radius 1 is 0.969 bits per heavy atom. The van der Waals surface area contributed by atoms with E-state index in [0.29, 0.717) is 36.0 Å². The Morgan fingerprint density at radius 3 is 2.38 bits per heavy atom. The Labute approximate surface area is 191 Å². The van der Waals surface area contributed by atoms with E-state index in [1.54, 1.807) is 41.3 Å². The third-order valence-electron chi connectivity index (χ3n) is 5.70. The Morgan fingerprint density at radius 2 is 1.66 bits per heavy atom. The second-order valence-electron chi connectivity index (χ2n) is 7.88. The number of halogens is 1. The number of hydrogen-bond acceptors (Lipinski definition) is 4. The van der Waals surface area contributed by atoms with E-state index in [1.165, 1.54) is 0 Å². The molecule has 9 heteroatoms. The fraction of sp³-hybridized carbons (Fsp3) is 0.348. The van der Waals surface area contributed by atoms with Crippen LogP contribution in [0.4, 0.5) is 21.9 Å². The number of ether oxygens (including phenoxy) is 1. The molecule has 0 radical (unpaired) electrons. The first-order chi connectivity index (χ1) is 15.5. The first-order valence-corrected chi connectivity index (χ1v) is 11.0. The highest BCUT2D eigenvalue weighted by Crippen LogP contribution is 2.28. The minimum atomic E-state index is -0.350. The number of anilines is 3. The number of benzene rings is 2. The van der Waals surface area contributed by atoms with Crippen molar-refractivity contribution in [2.45, 2.75) is 25.3 Å². The minimum Gasteiger partial charge on any atom is -0.370 e. The number of amides is 4. The van der Waals surface area contributed by atoms with Crippen molar-refractivity contribution in [3.63, 3.8) is 0 Å². The maximum atomic E-state index is 12.9. The lowest BCUT2D eigenvalue weighted by Gasteiger charge is -2.27. The van der Waals surface area contributed by atoms with Crippen molar-refractivity contribution in [3.05, 3.63) is 53.6 Å². The second-order valence-corrected chi connectivity index (χ2v) is 8.32. The highest BCUT2D eigenvalue weighted by molar-refractivity contribution is 6.30. The molecule has 4 rings (SSSR count). The van der Waals surface area contributed by atoms with Crippen LogP contribution in [-0.2, 0) is 14.3 Å². The fourth-order valence-corrected chi connectivity index (χ4v) is 4.19. The molecule has 3 N–H and O–H groups in total. The van der Waals surface area contributed by atoms with Gasteiger partial charge in [0.05, 0.1) is 12.5 Å². The van der Waals surface area contributed by atoms with Crippen molar-refractivity contribution < 1.29 is 19.1 Å². The monoisotopic (exact) mass is 456 g/mol. The summed E-state index contributed by atoms with van der Waals surface area (Å²) in [6.45, 7) is 1.10. The Balaban J connectivity index is 1.32. The van der Waals surface area contributed by atoms with Gasteiger partial charge >= 0.3 is 6.03 Å². The Hall–Kier alpha value is -3.10. The number of hydrogen-bond donors (Lipinski definition) is 3. The average molecular weight is 457 g/mol. The first-order valence-electron chi connectivity index (χ1n) is 10.6. The minimum absolute atomic E-state index is 0.0789. The summed E-state index contributed by atoms with van der Waals surface area (Å²) in [5.74, 6) is -0.522. The average Bonchev–Trinajstić information content (AvgIpc) is 3.24. The fourth-order valence-electron chi connectivity index (χ4n) is 4.07. The molecule has 2 aromatic carbocycles. The van der Waals surface area contributed by atoms with E-state index in [1.807, 2.05) is 12.1 Å². The molecule has 1 saturated carbocycles. The molecule has 0 bridgehead atoms. The van der Waals surface area contributed by atoms with Gasteiger partial charge in [0, 0.05) is 34.7 Å². The quantitative estimate of drug-likeness (QED) is 0.639. The van der Waals surface area contributed by atoms with E-state index in [-0.39, 0.29) is 36.4 Å². The van der Waals surface area contributed by atoms with Gasteiger partial charge in [0.15, 0.2) is 0 Å². The third kappa shape index (κ3) is 5.38. The predicted molar refractivity (Wildman–Crippen MR) is 123 cm³/mol. The van der Waals surface area contributed by atoms with Gasteiger partial charge in [-0.15, -0.1) is 0 Å². The summed E-state index contributed by atoms with van der Waals surface area (Å²) in [5.41, 5.74) is 2.05. The summed E-state index contributed by atoms with van der Waals surface area (Å²) in [7, 11) is 0. The van der Waals surface area contributed by atoms with Crippen LogP contribution in [0, 0.1) is 5.92 Å². The van der Waals surface area contributed by atoms with Crippen LogP contribution in [0.25, 0.3) is 0 Å². The second kappa shape index (κ2) is 10.0. The van der Waals surface area contributed by atoms with E-state index in [4.69, 9.17) is 16.3 Å². The molecule has 0 unspecified atom stereocenters. The SMILES string of the molecule is O=C(Nc1ccc(Cl)cc1)N[C@H]1CCC[C@H]1C(=O)Nc1ccc(N2CCOCC2=O)cc1. The van der Waals surface area contributed by atoms with Crippen LogP contribution in [0.3, 0.4) is 0 Å². The first kappa shape index (κ1) is 22.1. The van der Waals surface area contributed by atoms with Crippen molar-refractivity contribution in [1.29, 1.82) is 0 Å². The molecule has 2 aliphatic rings. The van der Waals surface area contributed by atoms with Gasteiger partial charge in [0.1, 0.15) is 6.61 Å². The molecule has 0 spiro atoms. The van der Waals surface area contributed by atoms with E-state index in [9.17, 15) is 14.4 Å². The lowest BCUT2D eigenvalue weighted by Crippen LogP contribution is -2.43. The zero-order chi connectivity index (χ0) is 22.5. The third-order valence-corrected chi connectivity index (χ3v) is 5.96. The predicted octanol–water partition coefficient (Wildman–Crippen LogP) is 3.63. The van der Waals surface area contributed by atoms with Gasteiger partial charge in [0.25, 0.3) is 5.91 Å². The van der Waals surface area contributed by atoms with Gasteiger partial charge in [0.2, 0.25) is 5.91 Å². The summed E-state index contributed by atoms with van der Waals surface area (Å²) in [4.78, 5) is 38.9. The standard InChI is InChI=1S/C23H25ClN4O4/c24-15-4-6-17(7-5-15)26-23(31)27-20-3-1-2-19(20)22(30)25-16-8-10-18(11-9-16)28-12-13-32-14-21(28)29/h4-11,19-20H,1-3,12-14H2,(H,25,30)(H2,26,27,31)/t19-,20+/m1/s1. The largest absolute Gasteiger partial charge is 0.370 e. The van der Waals surface area contributed by atoms with Gasteiger partial charge in [-0.2, -0.15) is 0 Å². The molecular weight excluding hydrogens is 432 g/mol. The molecule has 8 nitrogen and oxygen atoms in total. The van der Waals surface area contributed by atoms with Crippen LogP contribution in [0.5, 0.6) is 0 Å². The highest BCUT2D eigenvalue weighted by Gasteiger charge is 2.34. The Kier molecular flexibility index (Phi) is 6.92. The van der Waals surface area contributed by atoms with Crippen LogP contribution < -0.4 is 20.9 Å². The molecule has 1 saturated heterocycles. The number of nitrogens with one attached hydrogen (secondary N) is 3. The van der Waals surface area contributed by atoms with E-state index in [2.05, 4.69) is 16.0 Å². The van der Waals surface area contributed by atoms with Gasteiger partial charge in [-0.1, -0.05) is 18.0 Å². The number of carbonyl (C=O) groups is 3. The molecule has 1 aliphatic carbocycles. The van der Waals surface area contributed by atoms with Crippen LogP contribution in [-0.4, -0.2) is 43.6 Å². The number of rotatable bonds is 5. The summed E-state index contributed by atoms with van der Waals surface area (Å²) < 4.78 is 5.15. The van der Waals surface area contributed by atoms with Crippen molar-refractivity contribution in [1.82, 2.24) is 5.32 Å². The Bertz CT molecular complexity index is 980. The number of nitrogens with zero attached hydrogens (tertiary/aromatic N) is 1. The van der Waals surface area contributed by atoms with Crippen LogP contribution >= 0.6 is 11.6 Å². The van der Waals surface area contributed by atoms with Gasteiger partial charge in [-0.3, -0.25) is 9.59 Å². The van der Waals surface area contributed by atoms with Crippen molar-refractivity contribution in [2.75, 3.05) is 35.3 Å². The number of carbonyl (C=O) groups excluding carboxylic acids is 3. The van der Waals surface area contributed by atoms with Crippen LogP contribution in [0.2, 0.25) is 5.02 Å². The maximum Gasteiger partial charge on any atom is 0.319 e. The van der Waals surface area contributed by atoms with E-state index >= 15 is 0 Å². The molecule has 168 valence electrons. The van der Waals surface area contributed by atoms with Crippen molar-refractivity contribution in [3.8, 4) is 0 Å². The zero-order valence-corrected chi connectivity index (χ0v) is 18.2. The molecule has 32 heavy (non-hydrogen) atoms. The lowest BCUT2D eigenvalue weighted by molar-refractivity contribution is -0.125. The number of morpholine rings is 1. The summed E-state index contributed by atoms with van der Waals surface area (Å²) in [6.07, 6.45) is 2.31. The van der Waals surface area contributed by atoms with Gasteiger partial charge < -0.3 is 25.6 Å². The van der Waals surface area contributed by atoms with Gasteiger partial charge in [-0.25, -0.2) is 4.79 Å². The van der Waals surface area contributed by atoms with E-state index in [0.717, 1.165) is 18.5 Å². The van der Waals surface area contributed by atoms with E-state index < -0.39 is 0 Å². The molecule has 2 atom stereocenters. The molecule has 2 fully saturated rings. The molecule has 1 aliphatic heterocycles. The maximum absolute atomic E-state index is 12.9. The molecular formula is C23H25ClN4O4. The van der Waals surface area contributed by atoms with Crippen molar-refractivity contribution >= 4 is 46.5 Å². The summed E-state index contributed by atoms with van der Waals surface area (Å²) in [6, 6.07) is 13.4. The smallest absolute Gasteiger partial charge is 0.319 e. The number of urea groups is 1. The van der Waals surface area contributed by atoms with Gasteiger partial charge in [-0.05, 0) is 61.4 Å². The highest BCUT2D eigenvalue weighted by atomic mass is 35.5. The van der Waals surface area contributed by atoms with Crippen LogP contribution in [0.15, 0.2) is 48.5 Å². The molecule has 2 aromatic rings. The van der Waals surface area contributed by atoms with Crippen molar-refractivity contribution in [2.24, 2.45) is 5.92 Å². The zero-order valence-electron chi connectivity index (χ0n) is 17.5. The topological polar surface area (TPSA) is 99.8 Å².